The SMILES string of the molecule is C[C@H](Sc1nnc(-c2ccco2)o1)C(=O)Nc1ccc(F)c([N+](=O)[O-])c1. The van der Waals surface area contributed by atoms with Crippen molar-refractivity contribution in [2.45, 2.75) is 17.4 Å². The van der Waals surface area contributed by atoms with Crippen molar-refractivity contribution in [3.8, 4) is 11.7 Å². The molecule has 0 aliphatic heterocycles. The van der Waals surface area contributed by atoms with Gasteiger partial charge in [-0.1, -0.05) is 11.8 Å². The maximum atomic E-state index is 13.3. The van der Waals surface area contributed by atoms with Gasteiger partial charge < -0.3 is 14.2 Å². The van der Waals surface area contributed by atoms with E-state index in [1.54, 1.807) is 19.1 Å². The number of thioether (sulfide) groups is 1. The minimum atomic E-state index is -0.980. The molecule has 0 spiro atoms. The van der Waals surface area contributed by atoms with E-state index in [2.05, 4.69) is 15.5 Å². The molecule has 1 amide bonds. The predicted molar refractivity (Wildman–Crippen MR) is 89.0 cm³/mol. The fraction of sp³-hybridized carbons (Fsp3) is 0.133. The number of carbonyl (C=O) groups is 1. The molecule has 0 saturated heterocycles. The Morgan fingerprint density at radius 3 is 2.88 bits per heavy atom. The van der Waals surface area contributed by atoms with Gasteiger partial charge in [-0.3, -0.25) is 14.9 Å². The summed E-state index contributed by atoms with van der Waals surface area (Å²) in [5.74, 6) is -0.861. The van der Waals surface area contributed by atoms with Crippen molar-refractivity contribution < 1.29 is 22.9 Å². The molecule has 2 heterocycles. The second-order valence-corrected chi connectivity index (χ2v) is 6.32. The molecule has 0 radical (unpaired) electrons. The lowest BCUT2D eigenvalue weighted by Crippen LogP contribution is -2.22. The molecule has 0 saturated carbocycles. The first-order valence-electron chi connectivity index (χ1n) is 7.23. The van der Waals surface area contributed by atoms with Crippen molar-refractivity contribution in [2.24, 2.45) is 0 Å². The summed E-state index contributed by atoms with van der Waals surface area (Å²) in [6.45, 7) is 1.59. The smallest absolute Gasteiger partial charge is 0.306 e. The summed E-state index contributed by atoms with van der Waals surface area (Å²) in [6.07, 6.45) is 1.46. The number of furan rings is 1. The van der Waals surface area contributed by atoms with Crippen LogP contribution in [0.15, 0.2) is 50.7 Å². The predicted octanol–water partition coefficient (Wildman–Crippen LogP) is 3.50. The molecule has 0 unspecified atom stereocenters. The molecule has 3 rings (SSSR count). The highest BCUT2D eigenvalue weighted by atomic mass is 32.2. The van der Waals surface area contributed by atoms with Crippen LogP contribution < -0.4 is 5.32 Å². The standard InChI is InChI=1S/C15H11FN4O5S/c1-8(26-15-19-18-14(25-15)12-3-2-6-24-12)13(21)17-9-4-5-10(16)11(7-9)20(22)23/h2-8H,1H3,(H,17,21)/t8-/m0/s1. The zero-order valence-corrected chi connectivity index (χ0v) is 14.0. The van der Waals surface area contributed by atoms with Crippen LogP contribution in [0.1, 0.15) is 6.92 Å². The summed E-state index contributed by atoms with van der Waals surface area (Å²) in [5, 5.41) is 20.4. The van der Waals surface area contributed by atoms with Gasteiger partial charge in [0.15, 0.2) is 5.76 Å². The van der Waals surface area contributed by atoms with E-state index in [9.17, 15) is 19.3 Å². The van der Waals surface area contributed by atoms with Crippen LogP contribution in [0, 0.1) is 15.9 Å². The zero-order chi connectivity index (χ0) is 18.7. The Morgan fingerprint density at radius 2 is 2.19 bits per heavy atom. The Morgan fingerprint density at radius 1 is 1.38 bits per heavy atom. The summed E-state index contributed by atoms with van der Waals surface area (Å²) in [5.41, 5.74) is -0.611. The van der Waals surface area contributed by atoms with Crippen molar-refractivity contribution in [3.63, 3.8) is 0 Å². The first-order valence-corrected chi connectivity index (χ1v) is 8.11. The summed E-state index contributed by atoms with van der Waals surface area (Å²) < 4.78 is 23.9. The number of hydrogen-bond acceptors (Lipinski definition) is 8. The Labute approximate surface area is 149 Å². The van der Waals surface area contributed by atoms with Gasteiger partial charge in [0.2, 0.25) is 11.7 Å². The monoisotopic (exact) mass is 378 g/mol. The van der Waals surface area contributed by atoms with Gasteiger partial charge >= 0.3 is 5.69 Å². The molecule has 0 aliphatic carbocycles. The highest BCUT2D eigenvalue weighted by Gasteiger charge is 2.21. The van der Waals surface area contributed by atoms with Crippen molar-refractivity contribution in [2.75, 3.05) is 5.32 Å². The van der Waals surface area contributed by atoms with Gasteiger partial charge in [-0.15, -0.1) is 10.2 Å². The maximum Gasteiger partial charge on any atom is 0.306 e. The normalized spacial score (nSPS) is 11.9. The van der Waals surface area contributed by atoms with Gasteiger partial charge in [0.05, 0.1) is 16.4 Å². The van der Waals surface area contributed by atoms with Crippen molar-refractivity contribution in [1.29, 1.82) is 0 Å². The highest BCUT2D eigenvalue weighted by molar-refractivity contribution is 8.00. The molecule has 26 heavy (non-hydrogen) atoms. The van der Waals surface area contributed by atoms with Crippen molar-refractivity contribution in [3.05, 3.63) is 52.5 Å². The van der Waals surface area contributed by atoms with Crippen LogP contribution in [0.3, 0.4) is 0 Å². The average Bonchev–Trinajstić information content (AvgIpc) is 3.27. The Bertz CT molecular complexity index is 943. The second kappa shape index (κ2) is 7.35. The van der Waals surface area contributed by atoms with E-state index >= 15 is 0 Å². The zero-order valence-electron chi connectivity index (χ0n) is 13.2. The third-order valence-electron chi connectivity index (χ3n) is 3.20. The Kier molecular flexibility index (Phi) is 4.98. The van der Waals surface area contributed by atoms with E-state index < -0.39 is 27.6 Å². The van der Waals surface area contributed by atoms with Crippen LogP contribution in [0.5, 0.6) is 0 Å². The van der Waals surface area contributed by atoms with E-state index in [4.69, 9.17) is 8.83 Å². The molecule has 0 fully saturated rings. The van der Waals surface area contributed by atoms with Gasteiger partial charge in [0.25, 0.3) is 11.1 Å². The molecule has 134 valence electrons. The lowest BCUT2D eigenvalue weighted by Gasteiger charge is -2.09. The van der Waals surface area contributed by atoms with Gasteiger partial charge in [-0.05, 0) is 31.2 Å². The third-order valence-corrected chi connectivity index (χ3v) is 4.13. The van der Waals surface area contributed by atoms with Crippen LogP contribution in [0.4, 0.5) is 15.8 Å². The van der Waals surface area contributed by atoms with E-state index in [1.807, 2.05) is 0 Å². The van der Waals surface area contributed by atoms with Crippen molar-refractivity contribution >= 4 is 29.0 Å². The van der Waals surface area contributed by atoms with E-state index in [0.717, 1.165) is 23.9 Å². The lowest BCUT2D eigenvalue weighted by atomic mass is 10.2. The molecule has 11 heteroatoms. The van der Waals surface area contributed by atoms with Gasteiger partial charge in [-0.25, -0.2) is 0 Å². The highest BCUT2D eigenvalue weighted by Crippen LogP contribution is 2.27. The van der Waals surface area contributed by atoms with Gasteiger partial charge in [-0.2, -0.15) is 4.39 Å². The van der Waals surface area contributed by atoms with E-state index in [-0.39, 0.29) is 16.8 Å². The van der Waals surface area contributed by atoms with Crippen LogP contribution in [-0.2, 0) is 4.79 Å². The minimum absolute atomic E-state index is 0.109. The van der Waals surface area contributed by atoms with Gasteiger partial charge in [0, 0.05) is 11.8 Å². The van der Waals surface area contributed by atoms with Crippen LogP contribution >= 0.6 is 11.8 Å². The number of halogens is 1. The second-order valence-electron chi connectivity index (χ2n) is 5.02. The first-order chi connectivity index (χ1) is 12.4. The Balaban J connectivity index is 1.65. The minimum Gasteiger partial charge on any atom is -0.459 e. The average molecular weight is 378 g/mol. The number of hydrogen-bond donors (Lipinski definition) is 1. The molecule has 0 aliphatic rings. The quantitative estimate of drug-likeness (QED) is 0.392. The third kappa shape index (κ3) is 3.88. The number of amides is 1. The molecule has 9 nitrogen and oxygen atoms in total. The van der Waals surface area contributed by atoms with E-state index in [1.165, 1.54) is 12.3 Å². The number of nitro benzene ring substituents is 1. The summed E-state index contributed by atoms with van der Waals surface area (Å²) in [7, 11) is 0. The number of rotatable bonds is 6. The number of benzene rings is 1. The Hall–Kier alpha value is -3.21. The molecule has 2 aromatic heterocycles. The molecular formula is C15H11FN4O5S. The molecule has 1 N–H and O–H groups in total. The van der Waals surface area contributed by atoms with Crippen LogP contribution in [-0.4, -0.2) is 26.3 Å². The number of aromatic nitrogens is 2. The lowest BCUT2D eigenvalue weighted by molar-refractivity contribution is -0.387. The maximum absolute atomic E-state index is 13.3. The fourth-order valence-electron chi connectivity index (χ4n) is 1.94. The number of carbonyl (C=O) groups excluding carboxylic acids is 1. The summed E-state index contributed by atoms with van der Waals surface area (Å²) in [4.78, 5) is 22.1. The summed E-state index contributed by atoms with van der Waals surface area (Å²) >= 11 is 1.00. The van der Waals surface area contributed by atoms with Crippen molar-refractivity contribution in [1.82, 2.24) is 10.2 Å². The number of anilines is 1. The van der Waals surface area contributed by atoms with E-state index in [0.29, 0.717) is 5.76 Å². The molecule has 0 bridgehead atoms. The topological polar surface area (TPSA) is 124 Å². The first kappa shape index (κ1) is 17.6. The largest absolute Gasteiger partial charge is 0.459 e. The number of nitrogens with zero attached hydrogens (tertiary/aromatic N) is 3. The molecule has 1 aromatic carbocycles. The number of nitrogens with one attached hydrogen (secondary N) is 1. The molecular weight excluding hydrogens is 367 g/mol. The summed E-state index contributed by atoms with van der Waals surface area (Å²) in [6, 6.07) is 6.43. The van der Waals surface area contributed by atoms with Crippen LogP contribution in [0.25, 0.3) is 11.7 Å². The van der Waals surface area contributed by atoms with Gasteiger partial charge in [0.1, 0.15) is 0 Å². The molecule has 1 atom stereocenters. The fourth-order valence-corrected chi connectivity index (χ4v) is 2.62. The van der Waals surface area contributed by atoms with Crippen LogP contribution in [0.2, 0.25) is 0 Å². The molecule has 3 aromatic rings. The number of nitro groups is 1.